The first-order valence-electron chi connectivity index (χ1n) is 10.4. The van der Waals surface area contributed by atoms with Gasteiger partial charge in [-0.2, -0.15) is 18.3 Å². The molecule has 0 unspecified atom stereocenters. The predicted molar refractivity (Wildman–Crippen MR) is 120 cm³/mol. The van der Waals surface area contributed by atoms with Crippen molar-refractivity contribution in [1.29, 1.82) is 0 Å². The Morgan fingerprint density at radius 2 is 1.84 bits per heavy atom. The number of nitrogens with zero attached hydrogens (tertiary/aromatic N) is 3. The van der Waals surface area contributed by atoms with Crippen molar-refractivity contribution in [2.24, 2.45) is 7.05 Å². The third kappa shape index (κ3) is 3.80. The number of hydrogen-bond acceptors (Lipinski definition) is 2. The van der Waals surface area contributed by atoms with Gasteiger partial charge in [-0.25, -0.2) is 4.98 Å². The second-order valence-corrected chi connectivity index (χ2v) is 8.90. The maximum Gasteiger partial charge on any atom is 0.417 e. The molecule has 0 fully saturated rings. The molecule has 4 aromatic rings. The van der Waals surface area contributed by atoms with Crippen molar-refractivity contribution >= 4 is 40.6 Å². The number of hydrogen-bond donors (Lipinski definition) is 1. The zero-order chi connectivity index (χ0) is 22.0. The number of aryl methyl sites for hydroxylation is 1. The Kier molecular flexibility index (Phi) is 5.80. The van der Waals surface area contributed by atoms with Crippen LogP contribution in [0.3, 0.4) is 0 Å². The molecule has 1 aliphatic carbocycles. The summed E-state index contributed by atoms with van der Waals surface area (Å²) >= 11 is 0. The first kappa shape index (κ1) is 23.1. The van der Waals surface area contributed by atoms with Gasteiger partial charge in [0.15, 0.2) is 5.82 Å². The zero-order valence-electron chi connectivity index (χ0n) is 18.6. The van der Waals surface area contributed by atoms with E-state index in [0.717, 1.165) is 36.7 Å². The summed E-state index contributed by atoms with van der Waals surface area (Å²) in [5, 5.41) is 4.79. The van der Waals surface area contributed by atoms with Gasteiger partial charge in [-0.15, -0.1) is 0 Å². The van der Waals surface area contributed by atoms with Crippen LogP contribution < -0.4 is 0 Å². The van der Waals surface area contributed by atoms with Crippen LogP contribution in [-0.2, 0) is 25.1 Å². The van der Waals surface area contributed by atoms with Gasteiger partial charge in [0, 0.05) is 47.6 Å². The van der Waals surface area contributed by atoms with E-state index in [4.69, 9.17) is 10.1 Å². The van der Waals surface area contributed by atoms with Crippen LogP contribution in [0.5, 0.6) is 0 Å². The average molecular weight is 447 g/mol. The van der Waals surface area contributed by atoms with Crippen LogP contribution in [-0.4, -0.2) is 49.3 Å². The molecule has 0 spiro atoms. The maximum atomic E-state index is 13.5. The molecule has 8 heteroatoms. The smallest absolute Gasteiger partial charge is 0.337 e. The van der Waals surface area contributed by atoms with E-state index in [1.807, 2.05) is 11.7 Å². The van der Waals surface area contributed by atoms with Gasteiger partial charge < -0.3 is 4.98 Å². The van der Waals surface area contributed by atoms with Gasteiger partial charge >= 0.3 is 6.18 Å². The Morgan fingerprint density at radius 1 is 1.09 bits per heavy atom. The first-order valence-corrected chi connectivity index (χ1v) is 10.4. The summed E-state index contributed by atoms with van der Waals surface area (Å²) < 4.78 is 42.3. The van der Waals surface area contributed by atoms with Crippen LogP contribution in [0.4, 0.5) is 13.2 Å². The van der Waals surface area contributed by atoms with Crippen molar-refractivity contribution in [3.05, 3.63) is 59.3 Å². The summed E-state index contributed by atoms with van der Waals surface area (Å²) in [5.41, 5.74) is 4.73. The molecule has 0 aliphatic heterocycles. The molecule has 1 aliphatic rings. The molecule has 0 bridgehead atoms. The van der Waals surface area contributed by atoms with Crippen molar-refractivity contribution in [1.82, 2.24) is 19.7 Å². The molecule has 0 saturated heterocycles. The van der Waals surface area contributed by atoms with Crippen LogP contribution >= 0.6 is 0 Å². The Bertz CT molecular complexity index is 1300. The number of benzene rings is 2. The standard InChI is InChI=1S/C24H23F3N4.Na/c1-23(2)12-6-8-16-20(31(3)30-21(16)23)22-28-18-11-10-14(13-19(18)29-22)15-7-4-5-9-17(15)24(25,26)27;/h4-5,7,9-11,13H,6,8,12H2,1-3H3,(H,28,29);. The number of H-pyrrole nitrogens is 1. The molecule has 4 nitrogen and oxygen atoms in total. The second-order valence-electron chi connectivity index (χ2n) is 8.90. The van der Waals surface area contributed by atoms with Crippen molar-refractivity contribution in [3.8, 4) is 22.6 Å². The minimum absolute atomic E-state index is 0. The number of halogens is 3. The Hall–Kier alpha value is -2.09. The summed E-state index contributed by atoms with van der Waals surface area (Å²) in [5.74, 6) is 0.699. The fourth-order valence-electron chi connectivity index (χ4n) is 4.74. The SMILES string of the molecule is Cn1nc2c(c1-c1nc3ccc(-c4ccccc4C(F)(F)F)cc3[nH]1)CCCC2(C)C.[Na]. The number of imidazole rings is 1. The molecule has 5 rings (SSSR count). The Morgan fingerprint density at radius 3 is 2.59 bits per heavy atom. The molecule has 1 N–H and O–H groups in total. The Labute approximate surface area is 206 Å². The minimum atomic E-state index is -4.41. The third-order valence-electron chi connectivity index (χ3n) is 6.26. The first-order chi connectivity index (χ1) is 14.6. The topological polar surface area (TPSA) is 46.5 Å². The number of rotatable bonds is 2. The molecule has 0 amide bonds. The van der Waals surface area contributed by atoms with E-state index in [0.29, 0.717) is 22.4 Å². The predicted octanol–water partition coefficient (Wildman–Crippen LogP) is 5.88. The van der Waals surface area contributed by atoms with Crippen LogP contribution in [0.25, 0.3) is 33.7 Å². The van der Waals surface area contributed by atoms with Gasteiger partial charge in [0.25, 0.3) is 0 Å². The molecule has 32 heavy (non-hydrogen) atoms. The minimum Gasteiger partial charge on any atom is -0.337 e. The van der Waals surface area contributed by atoms with E-state index in [1.54, 1.807) is 24.3 Å². The van der Waals surface area contributed by atoms with E-state index in [9.17, 15) is 13.2 Å². The van der Waals surface area contributed by atoms with Crippen LogP contribution in [0.1, 0.15) is 43.5 Å². The van der Waals surface area contributed by atoms with E-state index in [1.165, 1.54) is 17.7 Å². The zero-order valence-corrected chi connectivity index (χ0v) is 20.6. The Balaban J connectivity index is 0.00000245. The van der Waals surface area contributed by atoms with Crippen molar-refractivity contribution in [2.75, 3.05) is 0 Å². The van der Waals surface area contributed by atoms with Crippen LogP contribution in [0, 0.1) is 0 Å². The third-order valence-corrected chi connectivity index (χ3v) is 6.26. The average Bonchev–Trinajstić information content (AvgIpc) is 3.27. The number of nitrogens with one attached hydrogen (secondary N) is 1. The molecule has 2 heterocycles. The molecule has 2 aromatic carbocycles. The summed E-state index contributed by atoms with van der Waals surface area (Å²) in [6, 6.07) is 10.8. The monoisotopic (exact) mass is 447 g/mol. The van der Waals surface area contributed by atoms with Gasteiger partial charge in [0.2, 0.25) is 0 Å². The van der Waals surface area contributed by atoms with E-state index in [2.05, 4.69) is 18.8 Å². The van der Waals surface area contributed by atoms with E-state index in [-0.39, 0.29) is 40.5 Å². The summed E-state index contributed by atoms with van der Waals surface area (Å²) in [6.07, 6.45) is -1.27. The largest absolute Gasteiger partial charge is 0.417 e. The second kappa shape index (κ2) is 8.04. The van der Waals surface area contributed by atoms with E-state index >= 15 is 0 Å². The van der Waals surface area contributed by atoms with Gasteiger partial charge in [-0.05, 0) is 48.6 Å². The number of fused-ring (bicyclic) bond motifs is 2. The summed E-state index contributed by atoms with van der Waals surface area (Å²) in [6.45, 7) is 4.43. The molecule has 0 atom stereocenters. The fraction of sp³-hybridized carbons (Fsp3) is 0.333. The summed E-state index contributed by atoms with van der Waals surface area (Å²) in [4.78, 5) is 8.07. The van der Waals surface area contributed by atoms with Crippen LogP contribution in [0.2, 0.25) is 0 Å². The molecule has 1 radical (unpaired) electrons. The molecular formula is C24H23F3N4Na. The fourth-order valence-corrected chi connectivity index (χ4v) is 4.74. The number of aromatic nitrogens is 4. The van der Waals surface area contributed by atoms with Gasteiger partial charge in [-0.1, -0.05) is 38.1 Å². The van der Waals surface area contributed by atoms with Gasteiger partial charge in [0.05, 0.1) is 22.3 Å². The van der Waals surface area contributed by atoms with Gasteiger partial charge in [0.1, 0.15) is 5.69 Å². The van der Waals surface area contributed by atoms with Crippen molar-refractivity contribution in [3.63, 3.8) is 0 Å². The molecule has 2 aromatic heterocycles. The quantitative estimate of drug-likeness (QED) is 0.390. The van der Waals surface area contributed by atoms with E-state index < -0.39 is 11.7 Å². The van der Waals surface area contributed by atoms with Gasteiger partial charge in [-0.3, -0.25) is 4.68 Å². The molecule has 0 saturated carbocycles. The normalized spacial score (nSPS) is 15.4. The number of alkyl halides is 3. The molecular weight excluding hydrogens is 424 g/mol. The summed E-state index contributed by atoms with van der Waals surface area (Å²) in [7, 11) is 1.92. The number of aromatic amines is 1. The van der Waals surface area contributed by atoms with Crippen molar-refractivity contribution in [2.45, 2.75) is 44.7 Å². The van der Waals surface area contributed by atoms with Crippen molar-refractivity contribution < 1.29 is 13.2 Å². The van der Waals surface area contributed by atoms with Crippen LogP contribution in [0.15, 0.2) is 42.5 Å². The maximum absolute atomic E-state index is 13.5. The molecule has 161 valence electrons.